The van der Waals surface area contributed by atoms with Crippen LogP contribution in [0.3, 0.4) is 0 Å². The number of esters is 1. The first-order valence-corrected chi connectivity index (χ1v) is 14.7. The summed E-state index contributed by atoms with van der Waals surface area (Å²) in [5.74, 6) is 1.84. The molecule has 4 atom stereocenters. The highest BCUT2D eigenvalue weighted by molar-refractivity contribution is 5.75. The molecule has 3 aliphatic carbocycles. The van der Waals surface area contributed by atoms with E-state index in [2.05, 4.69) is 24.5 Å². The van der Waals surface area contributed by atoms with Crippen LogP contribution in [0.4, 0.5) is 0 Å². The summed E-state index contributed by atoms with van der Waals surface area (Å²) in [5.41, 5.74) is 2.13. The molecule has 196 valence electrons. The Balaban J connectivity index is 1.22. The minimum Gasteiger partial charge on any atom is -0.481 e. The third-order valence-electron chi connectivity index (χ3n) is 9.90. The van der Waals surface area contributed by atoms with Crippen LogP contribution in [0, 0.1) is 5.92 Å². The average Bonchev–Trinajstić information content (AvgIpc) is 3.60. The molecule has 5 heteroatoms. The van der Waals surface area contributed by atoms with E-state index in [1.54, 1.807) is 0 Å². The summed E-state index contributed by atoms with van der Waals surface area (Å²) in [5, 5.41) is 12.5. The number of piperidine rings is 1. The lowest BCUT2D eigenvalue weighted by molar-refractivity contribution is -0.174. The van der Waals surface area contributed by atoms with Gasteiger partial charge in [-0.2, -0.15) is 0 Å². The van der Waals surface area contributed by atoms with Gasteiger partial charge in [0.1, 0.15) is 6.10 Å². The van der Waals surface area contributed by atoms with Crippen molar-refractivity contribution in [3.8, 4) is 11.5 Å². The summed E-state index contributed by atoms with van der Waals surface area (Å²) in [6.45, 7) is 8.70. The van der Waals surface area contributed by atoms with Crippen molar-refractivity contribution in [3.63, 3.8) is 0 Å². The van der Waals surface area contributed by atoms with Crippen molar-refractivity contribution in [2.45, 2.75) is 120 Å². The van der Waals surface area contributed by atoms with Crippen LogP contribution in [-0.4, -0.2) is 46.8 Å². The third kappa shape index (κ3) is 3.84. The molecule has 2 bridgehead atoms. The number of aliphatic hydroxyl groups is 1. The van der Waals surface area contributed by atoms with Crippen molar-refractivity contribution in [2.75, 3.05) is 13.1 Å². The Bertz CT molecular complexity index is 1030. The summed E-state index contributed by atoms with van der Waals surface area (Å²) in [6.07, 6.45) is 14.3. The Hall–Kier alpha value is -1.85. The Morgan fingerprint density at radius 3 is 2.72 bits per heavy atom. The fraction of sp³-hybridized carbons (Fsp3) is 0.710. The zero-order chi connectivity index (χ0) is 24.9. The average molecular weight is 494 g/mol. The van der Waals surface area contributed by atoms with E-state index in [0.717, 1.165) is 68.7 Å². The lowest BCUT2D eigenvalue weighted by Crippen LogP contribution is -2.75. The predicted octanol–water partition coefficient (Wildman–Crippen LogP) is 5.85. The van der Waals surface area contributed by atoms with E-state index in [1.807, 2.05) is 6.07 Å². The van der Waals surface area contributed by atoms with Gasteiger partial charge in [-0.15, -0.1) is 0 Å². The van der Waals surface area contributed by atoms with E-state index >= 15 is 0 Å². The first kappa shape index (κ1) is 24.5. The molecular weight excluding hydrogens is 450 g/mol. The molecule has 1 aromatic carbocycles. The zero-order valence-electron chi connectivity index (χ0n) is 22.0. The van der Waals surface area contributed by atoms with E-state index < -0.39 is 11.0 Å². The topological polar surface area (TPSA) is 59.0 Å². The molecule has 1 spiro atoms. The standard InChI is InChI=1S/C31H43NO4/c1-3-4-5-6-7-8-9-10-26(33)35-24-14-13-23-19-25-31(34)16-15-21(2)29-30(31,27(23)28(24)36-29)17-18-32(25)20-22-11-12-22/h13-14,22,25,29,34H,2-12,15-20H2,1H3/t25-,29+,30+,31-/m1/s1. The first-order chi connectivity index (χ1) is 17.5. The Morgan fingerprint density at radius 2 is 1.94 bits per heavy atom. The molecular formula is C31H43NO4. The van der Waals surface area contributed by atoms with Gasteiger partial charge in [-0.05, 0) is 74.6 Å². The third-order valence-corrected chi connectivity index (χ3v) is 9.90. The van der Waals surface area contributed by atoms with Gasteiger partial charge in [0.15, 0.2) is 11.5 Å². The van der Waals surface area contributed by atoms with Gasteiger partial charge in [-0.1, -0.05) is 58.1 Å². The maximum atomic E-state index is 12.8. The fourth-order valence-electron chi connectivity index (χ4n) is 7.86. The van der Waals surface area contributed by atoms with Crippen molar-refractivity contribution in [3.05, 3.63) is 35.4 Å². The SMILES string of the molecule is C=C1CC[C@@]2(O)[C@H]3Cc4ccc(OC(=O)CCCCCCCCC)c5c4[C@@]2(CCN3CC2CC2)[C@H]1O5. The van der Waals surface area contributed by atoms with Crippen LogP contribution in [0.2, 0.25) is 0 Å². The minimum atomic E-state index is -0.829. The van der Waals surface area contributed by atoms with E-state index in [0.29, 0.717) is 17.9 Å². The van der Waals surface area contributed by atoms with Crippen molar-refractivity contribution in [2.24, 2.45) is 5.92 Å². The number of nitrogens with zero attached hydrogens (tertiary/aromatic N) is 1. The zero-order valence-corrected chi connectivity index (χ0v) is 22.0. The van der Waals surface area contributed by atoms with Crippen molar-refractivity contribution in [1.29, 1.82) is 0 Å². The van der Waals surface area contributed by atoms with Crippen LogP contribution in [-0.2, 0) is 16.6 Å². The number of hydrogen-bond donors (Lipinski definition) is 1. The van der Waals surface area contributed by atoms with Gasteiger partial charge >= 0.3 is 5.97 Å². The number of ether oxygens (including phenoxy) is 2. The van der Waals surface area contributed by atoms with Gasteiger partial charge in [0.05, 0.1) is 11.0 Å². The molecule has 0 radical (unpaired) electrons. The monoisotopic (exact) mass is 493 g/mol. The second-order valence-electron chi connectivity index (χ2n) is 12.2. The largest absolute Gasteiger partial charge is 0.481 e. The van der Waals surface area contributed by atoms with Crippen molar-refractivity contribution in [1.82, 2.24) is 4.90 Å². The molecule has 5 nitrogen and oxygen atoms in total. The van der Waals surface area contributed by atoms with Gasteiger partial charge in [-0.3, -0.25) is 9.69 Å². The number of likely N-dealkylation sites (tertiary alicyclic amines) is 1. The lowest BCUT2D eigenvalue weighted by Gasteiger charge is -2.63. The quantitative estimate of drug-likeness (QED) is 0.181. The van der Waals surface area contributed by atoms with E-state index in [1.165, 1.54) is 50.5 Å². The number of hydrogen-bond acceptors (Lipinski definition) is 5. The second-order valence-corrected chi connectivity index (χ2v) is 12.2. The summed E-state index contributed by atoms with van der Waals surface area (Å²) in [6, 6.07) is 4.18. The molecule has 2 heterocycles. The molecule has 36 heavy (non-hydrogen) atoms. The van der Waals surface area contributed by atoms with E-state index in [4.69, 9.17) is 9.47 Å². The molecule has 5 aliphatic rings. The van der Waals surface area contributed by atoms with Gasteiger partial charge in [-0.25, -0.2) is 0 Å². The van der Waals surface area contributed by atoms with Crippen LogP contribution < -0.4 is 9.47 Å². The van der Waals surface area contributed by atoms with Crippen LogP contribution in [0.25, 0.3) is 0 Å². The van der Waals surface area contributed by atoms with Gasteiger partial charge in [0, 0.05) is 24.6 Å². The van der Waals surface area contributed by atoms with Crippen LogP contribution in [0.1, 0.15) is 102 Å². The summed E-state index contributed by atoms with van der Waals surface area (Å²) in [4.78, 5) is 15.3. The second kappa shape index (κ2) is 9.47. The maximum Gasteiger partial charge on any atom is 0.311 e. The number of rotatable bonds is 11. The maximum absolute atomic E-state index is 12.8. The Morgan fingerprint density at radius 1 is 1.17 bits per heavy atom. The van der Waals surface area contributed by atoms with E-state index in [9.17, 15) is 9.90 Å². The normalized spacial score (nSPS) is 32.2. The lowest BCUT2D eigenvalue weighted by atomic mass is 9.48. The fourth-order valence-corrected chi connectivity index (χ4v) is 7.86. The Kier molecular flexibility index (Phi) is 6.44. The molecule has 2 saturated carbocycles. The molecule has 0 aromatic heterocycles. The van der Waals surface area contributed by atoms with Crippen LogP contribution >= 0.6 is 0 Å². The smallest absolute Gasteiger partial charge is 0.311 e. The van der Waals surface area contributed by atoms with Gasteiger partial charge in [0.2, 0.25) is 0 Å². The predicted molar refractivity (Wildman–Crippen MR) is 141 cm³/mol. The molecule has 6 rings (SSSR count). The van der Waals surface area contributed by atoms with Crippen molar-refractivity contribution >= 4 is 5.97 Å². The molecule has 0 amide bonds. The number of carbonyl (C=O) groups is 1. The highest BCUT2D eigenvalue weighted by atomic mass is 16.6. The van der Waals surface area contributed by atoms with E-state index in [-0.39, 0.29) is 18.1 Å². The molecule has 1 N–H and O–H groups in total. The number of benzene rings is 1. The number of unbranched alkanes of at least 4 members (excludes halogenated alkanes) is 6. The molecule has 2 aliphatic heterocycles. The molecule has 0 unspecified atom stereocenters. The van der Waals surface area contributed by atoms with Crippen LogP contribution in [0.5, 0.6) is 11.5 Å². The molecule has 3 fully saturated rings. The summed E-state index contributed by atoms with van der Waals surface area (Å²) < 4.78 is 12.6. The van der Waals surface area contributed by atoms with Crippen LogP contribution in [0.15, 0.2) is 24.3 Å². The minimum absolute atomic E-state index is 0.121. The van der Waals surface area contributed by atoms with Crippen molar-refractivity contribution < 1.29 is 19.4 Å². The van der Waals surface area contributed by atoms with Gasteiger partial charge < -0.3 is 14.6 Å². The molecule has 1 aromatic rings. The summed E-state index contributed by atoms with van der Waals surface area (Å²) >= 11 is 0. The highest BCUT2D eigenvalue weighted by Crippen LogP contribution is 2.66. The van der Waals surface area contributed by atoms with Gasteiger partial charge in [0.25, 0.3) is 0 Å². The number of carbonyl (C=O) groups excluding carboxylic acids is 1. The highest BCUT2D eigenvalue weighted by Gasteiger charge is 2.72. The summed E-state index contributed by atoms with van der Waals surface area (Å²) in [7, 11) is 0. The first-order valence-electron chi connectivity index (χ1n) is 14.7. The molecule has 1 saturated heterocycles. The Labute approximate surface area is 216 Å².